The Morgan fingerprint density at radius 2 is 1.81 bits per heavy atom. The summed E-state index contributed by atoms with van der Waals surface area (Å²) in [6.07, 6.45) is 3.80. The second-order valence-electron chi connectivity index (χ2n) is 9.55. The number of nitrogens with two attached hydrogens (primary N) is 1. The molecule has 4 nitrogen and oxygen atoms in total. The molecule has 2 aromatic carbocycles. The van der Waals surface area contributed by atoms with Crippen LogP contribution in [-0.2, 0) is 6.18 Å². The van der Waals surface area contributed by atoms with Crippen molar-refractivity contribution in [2.75, 3.05) is 35.6 Å². The van der Waals surface area contributed by atoms with Crippen molar-refractivity contribution in [3.8, 4) is 0 Å². The number of pyridine rings is 1. The molecule has 0 radical (unpaired) electrons. The molecule has 1 aliphatic rings. The van der Waals surface area contributed by atoms with Crippen LogP contribution in [0, 0.1) is 6.92 Å². The summed E-state index contributed by atoms with van der Waals surface area (Å²) in [7, 11) is 0. The van der Waals surface area contributed by atoms with Crippen LogP contribution in [0.4, 0.5) is 24.5 Å². The molecular weight excluding hydrogens is 481 g/mol. The minimum absolute atomic E-state index is 0.340. The van der Waals surface area contributed by atoms with Crippen molar-refractivity contribution >= 4 is 34.0 Å². The Bertz CT molecular complexity index is 1140. The monoisotopic (exact) mass is 516 g/mol. The molecule has 36 heavy (non-hydrogen) atoms. The largest absolute Gasteiger partial charge is 0.416 e. The van der Waals surface area contributed by atoms with Crippen molar-refractivity contribution in [3.05, 3.63) is 59.8 Å². The highest BCUT2D eigenvalue weighted by atomic mass is 32.2. The van der Waals surface area contributed by atoms with E-state index in [-0.39, 0.29) is 0 Å². The van der Waals surface area contributed by atoms with Gasteiger partial charge in [-0.05, 0) is 80.3 Å². The van der Waals surface area contributed by atoms with E-state index in [4.69, 9.17) is 5.73 Å². The van der Waals surface area contributed by atoms with Crippen LogP contribution in [0.25, 0.3) is 10.9 Å². The topological polar surface area (TPSA) is 54.2 Å². The first-order valence-electron chi connectivity index (χ1n) is 12.7. The number of anilines is 2. The molecule has 0 saturated carbocycles. The summed E-state index contributed by atoms with van der Waals surface area (Å²) in [6, 6.07) is 12.7. The zero-order valence-electron chi connectivity index (χ0n) is 20.8. The van der Waals surface area contributed by atoms with Gasteiger partial charge in [0.05, 0.1) is 11.1 Å². The number of aromatic nitrogens is 1. The Kier molecular flexibility index (Phi) is 9.01. The number of halogens is 3. The number of alkyl halides is 3. The molecule has 1 aromatic heterocycles. The van der Waals surface area contributed by atoms with Gasteiger partial charge in [-0.15, -0.1) is 11.8 Å². The fraction of sp³-hybridized carbons (Fsp3) is 0.464. The molecule has 0 spiro atoms. The van der Waals surface area contributed by atoms with Crippen molar-refractivity contribution in [2.24, 2.45) is 5.73 Å². The second kappa shape index (κ2) is 12.2. The van der Waals surface area contributed by atoms with Crippen LogP contribution < -0.4 is 16.0 Å². The average molecular weight is 517 g/mol. The quantitative estimate of drug-likeness (QED) is 0.219. The van der Waals surface area contributed by atoms with Crippen LogP contribution in [0.1, 0.15) is 49.7 Å². The zero-order chi connectivity index (χ0) is 25.5. The minimum Gasteiger partial charge on any atom is -0.385 e. The normalized spacial score (nSPS) is 15.0. The summed E-state index contributed by atoms with van der Waals surface area (Å²) in [4.78, 5) is 7.56. The van der Waals surface area contributed by atoms with Crippen molar-refractivity contribution in [1.82, 2.24) is 4.98 Å². The van der Waals surface area contributed by atoms with Gasteiger partial charge in [-0.3, -0.25) is 4.98 Å². The van der Waals surface area contributed by atoms with E-state index in [0.717, 1.165) is 86.3 Å². The average Bonchev–Trinajstić information content (AvgIpc) is 2.85. The number of hydrogen-bond donors (Lipinski definition) is 2. The summed E-state index contributed by atoms with van der Waals surface area (Å²) in [5, 5.41) is 4.33. The Morgan fingerprint density at radius 3 is 2.56 bits per heavy atom. The van der Waals surface area contributed by atoms with Gasteiger partial charge in [-0.25, -0.2) is 0 Å². The van der Waals surface area contributed by atoms with Gasteiger partial charge >= 0.3 is 6.18 Å². The minimum atomic E-state index is -4.35. The number of unbranched alkanes of at least 4 members (excludes halogenated alkanes) is 3. The van der Waals surface area contributed by atoms with Gasteiger partial charge in [0.1, 0.15) is 0 Å². The van der Waals surface area contributed by atoms with E-state index >= 15 is 0 Å². The third-order valence-electron chi connectivity index (χ3n) is 6.76. The molecule has 0 bridgehead atoms. The van der Waals surface area contributed by atoms with E-state index < -0.39 is 11.7 Å². The van der Waals surface area contributed by atoms with Crippen LogP contribution in [-0.4, -0.2) is 36.4 Å². The van der Waals surface area contributed by atoms with Crippen molar-refractivity contribution < 1.29 is 13.2 Å². The number of benzene rings is 2. The van der Waals surface area contributed by atoms with Crippen LogP contribution in [0.2, 0.25) is 0 Å². The van der Waals surface area contributed by atoms with Gasteiger partial charge in [-0.1, -0.05) is 18.9 Å². The smallest absolute Gasteiger partial charge is 0.385 e. The Labute approximate surface area is 215 Å². The third kappa shape index (κ3) is 7.07. The maximum absolute atomic E-state index is 13.0. The highest BCUT2D eigenvalue weighted by Gasteiger charge is 2.30. The molecule has 0 aliphatic carbocycles. The molecule has 0 unspecified atom stereocenters. The molecule has 8 heteroatoms. The van der Waals surface area contributed by atoms with Gasteiger partial charge in [0.2, 0.25) is 0 Å². The molecule has 194 valence electrons. The number of nitrogens with zero attached hydrogens (tertiary/aromatic N) is 2. The van der Waals surface area contributed by atoms with E-state index in [0.29, 0.717) is 11.6 Å². The molecule has 2 heterocycles. The molecule has 3 N–H and O–H groups in total. The summed E-state index contributed by atoms with van der Waals surface area (Å²) < 4.78 is 38.9. The molecular formula is C28H35F3N4S. The summed E-state index contributed by atoms with van der Waals surface area (Å²) >= 11 is 1.69. The zero-order valence-corrected chi connectivity index (χ0v) is 21.6. The Balaban J connectivity index is 1.15. The van der Waals surface area contributed by atoms with Crippen LogP contribution in [0.3, 0.4) is 0 Å². The van der Waals surface area contributed by atoms with Gasteiger partial charge in [-0.2, -0.15) is 13.2 Å². The number of aryl methyl sites for hydroxylation is 1. The lowest BCUT2D eigenvalue weighted by Crippen LogP contribution is -2.39. The predicted octanol–water partition coefficient (Wildman–Crippen LogP) is 7.25. The number of thioether (sulfide) groups is 1. The molecule has 1 fully saturated rings. The standard InChI is InChI=1S/C28H35F3N4S/c1-20-18-23(7-9-26(20)35-15-11-22(32)12-16-35)33-13-4-2-3-5-17-36-27-10-14-34-25-19-21(28(29,30)31)6-8-24(25)27/h6-10,14,18-19,22,33H,2-5,11-13,15-17,32H2,1H3. The molecule has 4 rings (SSSR count). The van der Waals surface area contributed by atoms with Crippen LogP contribution in [0.15, 0.2) is 53.6 Å². The lowest BCUT2D eigenvalue weighted by atomic mass is 10.0. The lowest BCUT2D eigenvalue weighted by molar-refractivity contribution is -0.137. The summed E-state index contributed by atoms with van der Waals surface area (Å²) in [5.41, 5.74) is 9.55. The predicted molar refractivity (Wildman–Crippen MR) is 145 cm³/mol. The number of piperidine rings is 1. The first-order chi connectivity index (χ1) is 17.3. The van der Waals surface area contributed by atoms with E-state index in [1.54, 1.807) is 18.0 Å². The van der Waals surface area contributed by atoms with Gasteiger partial charge in [0.25, 0.3) is 0 Å². The molecule has 0 amide bonds. The molecule has 1 aliphatic heterocycles. The van der Waals surface area contributed by atoms with E-state index in [9.17, 15) is 13.2 Å². The number of rotatable bonds is 10. The first-order valence-corrected chi connectivity index (χ1v) is 13.7. The maximum atomic E-state index is 13.0. The van der Waals surface area contributed by atoms with Crippen LogP contribution in [0.5, 0.6) is 0 Å². The van der Waals surface area contributed by atoms with E-state index in [1.165, 1.54) is 23.0 Å². The van der Waals surface area contributed by atoms with Crippen molar-refractivity contribution in [1.29, 1.82) is 0 Å². The maximum Gasteiger partial charge on any atom is 0.416 e. The van der Waals surface area contributed by atoms with Crippen molar-refractivity contribution in [3.63, 3.8) is 0 Å². The summed E-state index contributed by atoms with van der Waals surface area (Å²) in [5.74, 6) is 0.940. The number of fused-ring (bicyclic) bond motifs is 1. The molecule has 3 aromatic rings. The third-order valence-corrected chi connectivity index (χ3v) is 7.92. The first kappa shape index (κ1) is 26.6. The van der Waals surface area contributed by atoms with Gasteiger partial charge in [0, 0.05) is 53.5 Å². The van der Waals surface area contributed by atoms with Crippen molar-refractivity contribution in [2.45, 2.75) is 62.6 Å². The lowest BCUT2D eigenvalue weighted by Gasteiger charge is -2.33. The number of hydrogen-bond acceptors (Lipinski definition) is 5. The van der Waals surface area contributed by atoms with E-state index in [1.807, 2.05) is 6.07 Å². The second-order valence-corrected chi connectivity index (χ2v) is 10.7. The van der Waals surface area contributed by atoms with Gasteiger partial charge in [0.15, 0.2) is 0 Å². The molecule has 0 atom stereocenters. The highest BCUT2D eigenvalue weighted by molar-refractivity contribution is 7.99. The Morgan fingerprint density at radius 1 is 1.03 bits per heavy atom. The molecule has 1 saturated heterocycles. The fourth-order valence-corrected chi connectivity index (χ4v) is 5.73. The SMILES string of the molecule is Cc1cc(NCCCCCCSc2ccnc3cc(C(F)(F)F)ccc23)ccc1N1CCC(N)CC1. The highest BCUT2D eigenvalue weighted by Crippen LogP contribution is 2.34. The van der Waals surface area contributed by atoms with Gasteiger partial charge < -0.3 is 16.0 Å². The van der Waals surface area contributed by atoms with Crippen LogP contribution >= 0.6 is 11.8 Å². The van der Waals surface area contributed by atoms with E-state index in [2.05, 4.69) is 40.3 Å². The summed E-state index contributed by atoms with van der Waals surface area (Å²) in [6.45, 7) is 5.18. The fourth-order valence-electron chi connectivity index (χ4n) is 4.68. The number of nitrogens with one attached hydrogen (secondary N) is 1. The Hall–Kier alpha value is -2.45.